The lowest BCUT2D eigenvalue weighted by Crippen LogP contribution is -2.27. The maximum atomic E-state index is 6.20. The SMILES string of the molecule is C[C@@H](NCC1CCCCC1)c1ccccc1Cl. The van der Waals surface area contributed by atoms with E-state index in [9.17, 15) is 0 Å². The molecule has 1 N–H and O–H groups in total. The molecule has 0 bridgehead atoms. The molecule has 1 aromatic rings. The molecule has 1 nitrogen and oxygen atoms in total. The van der Waals surface area contributed by atoms with Gasteiger partial charge in [0.05, 0.1) is 0 Å². The van der Waals surface area contributed by atoms with Crippen molar-refractivity contribution in [3.05, 3.63) is 34.9 Å². The number of nitrogens with one attached hydrogen (secondary N) is 1. The molecule has 17 heavy (non-hydrogen) atoms. The minimum atomic E-state index is 0.352. The van der Waals surface area contributed by atoms with Crippen LogP contribution in [0.15, 0.2) is 24.3 Å². The van der Waals surface area contributed by atoms with E-state index in [-0.39, 0.29) is 0 Å². The zero-order valence-electron chi connectivity index (χ0n) is 10.6. The predicted octanol–water partition coefficient (Wildman–Crippen LogP) is 4.57. The Hall–Kier alpha value is -0.530. The van der Waals surface area contributed by atoms with Crippen molar-refractivity contribution in [1.82, 2.24) is 5.32 Å². The first-order valence-electron chi connectivity index (χ1n) is 6.75. The fraction of sp³-hybridized carbons (Fsp3) is 0.600. The van der Waals surface area contributed by atoms with E-state index in [1.165, 1.54) is 37.7 Å². The van der Waals surface area contributed by atoms with Crippen molar-refractivity contribution in [3.8, 4) is 0 Å². The molecule has 0 saturated heterocycles. The first-order chi connectivity index (χ1) is 8.27. The number of halogens is 1. The summed E-state index contributed by atoms with van der Waals surface area (Å²) in [6.45, 7) is 3.33. The van der Waals surface area contributed by atoms with E-state index in [4.69, 9.17) is 11.6 Å². The van der Waals surface area contributed by atoms with E-state index in [2.05, 4.69) is 24.4 Å². The summed E-state index contributed by atoms with van der Waals surface area (Å²) >= 11 is 6.20. The largest absolute Gasteiger partial charge is 0.310 e. The average Bonchev–Trinajstić information content (AvgIpc) is 2.38. The first-order valence-corrected chi connectivity index (χ1v) is 7.13. The summed E-state index contributed by atoms with van der Waals surface area (Å²) in [5, 5.41) is 4.50. The average molecular weight is 252 g/mol. The topological polar surface area (TPSA) is 12.0 Å². The van der Waals surface area contributed by atoms with Gasteiger partial charge in [-0.3, -0.25) is 0 Å². The lowest BCUT2D eigenvalue weighted by atomic mass is 9.89. The summed E-state index contributed by atoms with van der Waals surface area (Å²) in [5.74, 6) is 0.869. The highest BCUT2D eigenvalue weighted by atomic mass is 35.5. The van der Waals surface area contributed by atoms with Crippen molar-refractivity contribution in [2.75, 3.05) is 6.54 Å². The molecule has 1 fully saturated rings. The van der Waals surface area contributed by atoms with Crippen LogP contribution in [0.25, 0.3) is 0 Å². The van der Waals surface area contributed by atoms with E-state index < -0.39 is 0 Å². The molecule has 0 spiro atoms. The third-order valence-corrected chi connectivity index (χ3v) is 4.15. The number of benzene rings is 1. The quantitative estimate of drug-likeness (QED) is 0.827. The highest BCUT2D eigenvalue weighted by Gasteiger charge is 2.15. The van der Waals surface area contributed by atoms with Crippen LogP contribution in [0.1, 0.15) is 50.6 Å². The lowest BCUT2D eigenvalue weighted by Gasteiger charge is -2.24. The maximum absolute atomic E-state index is 6.20. The van der Waals surface area contributed by atoms with Gasteiger partial charge in [-0.1, -0.05) is 49.1 Å². The van der Waals surface area contributed by atoms with Crippen LogP contribution in [-0.4, -0.2) is 6.54 Å². The summed E-state index contributed by atoms with van der Waals surface area (Å²) in [5.41, 5.74) is 1.21. The van der Waals surface area contributed by atoms with Crippen molar-refractivity contribution in [3.63, 3.8) is 0 Å². The van der Waals surface area contributed by atoms with Gasteiger partial charge in [0.25, 0.3) is 0 Å². The fourth-order valence-electron chi connectivity index (χ4n) is 2.67. The van der Waals surface area contributed by atoms with Gasteiger partial charge in [-0.05, 0) is 43.9 Å². The molecule has 0 unspecified atom stereocenters. The Labute approximate surface area is 110 Å². The monoisotopic (exact) mass is 251 g/mol. The van der Waals surface area contributed by atoms with E-state index >= 15 is 0 Å². The van der Waals surface area contributed by atoms with E-state index in [1.54, 1.807) is 0 Å². The van der Waals surface area contributed by atoms with Gasteiger partial charge in [0.15, 0.2) is 0 Å². The Morgan fingerprint density at radius 3 is 2.65 bits per heavy atom. The first kappa shape index (κ1) is 12.9. The van der Waals surface area contributed by atoms with Gasteiger partial charge in [-0.15, -0.1) is 0 Å². The molecule has 0 amide bonds. The molecule has 0 aromatic heterocycles. The van der Waals surface area contributed by atoms with Gasteiger partial charge < -0.3 is 5.32 Å². The third-order valence-electron chi connectivity index (χ3n) is 3.81. The second-order valence-electron chi connectivity index (χ2n) is 5.16. The van der Waals surface area contributed by atoms with Crippen LogP contribution in [0, 0.1) is 5.92 Å². The summed E-state index contributed by atoms with van der Waals surface area (Å²) in [6.07, 6.45) is 7.03. The van der Waals surface area contributed by atoms with Gasteiger partial charge >= 0.3 is 0 Å². The maximum Gasteiger partial charge on any atom is 0.0453 e. The molecule has 94 valence electrons. The molecule has 0 heterocycles. The van der Waals surface area contributed by atoms with E-state index in [1.807, 2.05) is 12.1 Å². The molecular formula is C15H22ClN. The standard InChI is InChI=1S/C15H22ClN/c1-12(14-9-5-6-10-15(14)16)17-11-13-7-3-2-4-8-13/h5-6,9-10,12-13,17H,2-4,7-8,11H2,1H3/t12-/m1/s1. The molecule has 2 heteroatoms. The van der Waals surface area contributed by atoms with Gasteiger partial charge in [0, 0.05) is 11.1 Å². The van der Waals surface area contributed by atoms with Crippen molar-refractivity contribution >= 4 is 11.6 Å². The second kappa shape index (κ2) is 6.42. The highest BCUT2D eigenvalue weighted by molar-refractivity contribution is 6.31. The van der Waals surface area contributed by atoms with Gasteiger partial charge in [0.2, 0.25) is 0 Å². The molecule has 0 aliphatic heterocycles. The Morgan fingerprint density at radius 2 is 1.94 bits per heavy atom. The van der Waals surface area contributed by atoms with Crippen molar-refractivity contribution in [2.45, 2.75) is 45.1 Å². The molecular weight excluding hydrogens is 230 g/mol. The van der Waals surface area contributed by atoms with Crippen molar-refractivity contribution < 1.29 is 0 Å². The Kier molecular flexibility index (Phi) is 4.87. The minimum absolute atomic E-state index is 0.352. The van der Waals surface area contributed by atoms with Crippen LogP contribution in [0.3, 0.4) is 0 Å². The molecule has 1 atom stereocenters. The lowest BCUT2D eigenvalue weighted by molar-refractivity contribution is 0.331. The van der Waals surface area contributed by atoms with E-state index in [0.717, 1.165) is 17.5 Å². The van der Waals surface area contributed by atoms with Gasteiger partial charge in [-0.25, -0.2) is 0 Å². The van der Waals surface area contributed by atoms with Crippen molar-refractivity contribution in [2.24, 2.45) is 5.92 Å². The number of rotatable bonds is 4. The Bertz CT molecular complexity index is 345. The number of hydrogen-bond donors (Lipinski definition) is 1. The summed E-state index contributed by atoms with van der Waals surface area (Å²) < 4.78 is 0. The summed E-state index contributed by atoms with van der Waals surface area (Å²) in [7, 11) is 0. The van der Waals surface area contributed by atoms with Crippen LogP contribution in [0.2, 0.25) is 5.02 Å². The molecule has 1 aromatic carbocycles. The predicted molar refractivity (Wildman–Crippen MR) is 74.4 cm³/mol. The van der Waals surface area contributed by atoms with Gasteiger partial charge in [-0.2, -0.15) is 0 Å². The number of hydrogen-bond acceptors (Lipinski definition) is 1. The molecule has 1 saturated carbocycles. The summed E-state index contributed by atoms with van der Waals surface area (Å²) in [4.78, 5) is 0. The van der Waals surface area contributed by atoms with Crippen LogP contribution in [-0.2, 0) is 0 Å². The summed E-state index contributed by atoms with van der Waals surface area (Å²) in [6, 6.07) is 8.47. The normalized spacial score (nSPS) is 19.2. The second-order valence-corrected chi connectivity index (χ2v) is 5.56. The zero-order valence-corrected chi connectivity index (χ0v) is 11.3. The molecule has 0 radical (unpaired) electrons. The van der Waals surface area contributed by atoms with Crippen LogP contribution >= 0.6 is 11.6 Å². The molecule has 1 aliphatic carbocycles. The fourth-order valence-corrected chi connectivity index (χ4v) is 2.97. The zero-order chi connectivity index (χ0) is 12.1. The van der Waals surface area contributed by atoms with E-state index in [0.29, 0.717) is 6.04 Å². The van der Waals surface area contributed by atoms with Crippen LogP contribution < -0.4 is 5.32 Å². The molecule has 2 rings (SSSR count). The van der Waals surface area contributed by atoms with Crippen LogP contribution in [0.5, 0.6) is 0 Å². The Morgan fingerprint density at radius 1 is 1.24 bits per heavy atom. The van der Waals surface area contributed by atoms with Gasteiger partial charge in [0.1, 0.15) is 0 Å². The molecule has 1 aliphatic rings. The Balaban J connectivity index is 1.84. The third kappa shape index (κ3) is 3.72. The smallest absolute Gasteiger partial charge is 0.0453 e. The van der Waals surface area contributed by atoms with Crippen molar-refractivity contribution in [1.29, 1.82) is 0 Å². The highest BCUT2D eigenvalue weighted by Crippen LogP contribution is 2.25. The minimum Gasteiger partial charge on any atom is -0.310 e. The van der Waals surface area contributed by atoms with Crippen LogP contribution in [0.4, 0.5) is 0 Å².